The standard InChI is InChI=1S/C55H109O8P/c1-4-7-9-11-13-15-17-19-21-23-25-27-28-30-32-34-36-38-40-42-44-46-48-50-55(57)63-53(52-62-64(58,59)61-6-3)51-60-54(56)49-47-45-43-41-39-37-35-33-31-29-26-24-22-20-18-16-14-12-10-8-5-2/h53H,4-52H2,1-3H3,(H,58,59). The number of phosphoric acid groups is 1. The van der Waals surface area contributed by atoms with Crippen molar-refractivity contribution in [1.82, 2.24) is 0 Å². The van der Waals surface area contributed by atoms with Gasteiger partial charge >= 0.3 is 19.8 Å². The summed E-state index contributed by atoms with van der Waals surface area (Å²) in [4.78, 5) is 35.0. The van der Waals surface area contributed by atoms with Crippen molar-refractivity contribution in [2.45, 2.75) is 322 Å². The second kappa shape index (κ2) is 51.4. The van der Waals surface area contributed by atoms with E-state index in [4.69, 9.17) is 18.5 Å². The summed E-state index contributed by atoms with van der Waals surface area (Å²) in [5, 5.41) is 0. The normalized spacial score (nSPS) is 13.0. The van der Waals surface area contributed by atoms with E-state index in [2.05, 4.69) is 13.8 Å². The van der Waals surface area contributed by atoms with Gasteiger partial charge in [0, 0.05) is 12.8 Å². The third-order valence-electron chi connectivity index (χ3n) is 12.9. The Morgan fingerprint density at radius 2 is 0.609 bits per heavy atom. The number of rotatable bonds is 54. The minimum absolute atomic E-state index is 0.00621. The Kier molecular flexibility index (Phi) is 50.7. The van der Waals surface area contributed by atoms with Gasteiger partial charge < -0.3 is 14.4 Å². The molecule has 0 aromatic carbocycles. The molecule has 0 aromatic heterocycles. The van der Waals surface area contributed by atoms with E-state index in [0.29, 0.717) is 6.42 Å². The summed E-state index contributed by atoms with van der Waals surface area (Å²) in [5.41, 5.74) is 0. The van der Waals surface area contributed by atoms with Gasteiger partial charge in [0.25, 0.3) is 0 Å². The summed E-state index contributed by atoms with van der Waals surface area (Å²) in [6, 6.07) is 0. The van der Waals surface area contributed by atoms with Crippen LogP contribution in [-0.2, 0) is 32.7 Å². The molecule has 0 amide bonds. The maximum absolute atomic E-state index is 12.7. The van der Waals surface area contributed by atoms with Crippen LogP contribution in [0.3, 0.4) is 0 Å². The van der Waals surface area contributed by atoms with Crippen LogP contribution < -0.4 is 0 Å². The van der Waals surface area contributed by atoms with E-state index in [-0.39, 0.29) is 32.2 Å². The van der Waals surface area contributed by atoms with Crippen molar-refractivity contribution in [3.05, 3.63) is 0 Å². The fraction of sp³-hybridized carbons (Fsp3) is 0.964. The molecular formula is C55H109O8P. The SMILES string of the molecule is CCCCCCCCCCCCCCCCCCCCCCCCCC(=O)OC(COC(=O)CCCCCCCCCCCCCCCCCCCCCCC)COP(=O)(O)OCC. The first-order valence-corrected chi connectivity index (χ1v) is 29.8. The summed E-state index contributed by atoms with van der Waals surface area (Å²) < 4.78 is 32.9. The van der Waals surface area contributed by atoms with Crippen LogP contribution in [0.15, 0.2) is 0 Å². The summed E-state index contributed by atoms with van der Waals surface area (Å²) in [7, 11) is -4.28. The average molecular weight is 929 g/mol. The van der Waals surface area contributed by atoms with E-state index >= 15 is 0 Å². The van der Waals surface area contributed by atoms with Crippen molar-refractivity contribution in [3.63, 3.8) is 0 Å². The van der Waals surface area contributed by atoms with Gasteiger partial charge in [-0.3, -0.25) is 18.6 Å². The predicted molar refractivity (Wildman–Crippen MR) is 272 cm³/mol. The van der Waals surface area contributed by atoms with Gasteiger partial charge in [-0.05, 0) is 19.8 Å². The van der Waals surface area contributed by atoms with Gasteiger partial charge in [0.2, 0.25) is 0 Å². The Labute approximate surface area is 398 Å². The van der Waals surface area contributed by atoms with Crippen molar-refractivity contribution in [1.29, 1.82) is 0 Å². The molecule has 2 atom stereocenters. The molecule has 0 saturated heterocycles. The van der Waals surface area contributed by atoms with E-state index in [1.807, 2.05) is 0 Å². The number of unbranched alkanes of at least 4 members (excludes halogenated alkanes) is 42. The largest absolute Gasteiger partial charge is 0.472 e. The fourth-order valence-corrected chi connectivity index (χ4v) is 9.51. The van der Waals surface area contributed by atoms with Crippen LogP contribution in [-0.4, -0.2) is 42.8 Å². The van der Waals surface area contributed by atoms with Gasteiger partial charge in [0.05, 0.1) is 13.2 Å². The van der Waals surface area contributed by atoms with Gasteiger partial charge in [-0.1, -0.05) is 284 Å². The van der Waals surface area contributed by atoms with E-state index in [0.717, 1.165) is 38.5 Å². The Morgan fingerprint density at radius 3 is 0.875 bits per heavy atom. The topological polar surface area (TPSA) is 108 Å². The lowest BCUT2D eigenvalue weighted by atomic mass is 10.0. The maximum Gasteiger partial charge on any atom is 0.472 e. The Hall–Kier alpha value is -0.950. The van der Waals surface area contributed by atoms with Gasteiger partial charge in [-0.2, -0.15) is 0 Å². The van der Waals surface area contributed by atoms with E-state index in [1.165, 1.54) is 244 Å². The van der Waals surface area contributed by atoms with Crippen LogP contribution in [0.1, 0.15) is 316 Å². The number of hydrogen-bond acceptors (Lipinski definition) is 7. The number of phosphoric ester groups is 1. The van der Waals surface area contributed by atoms with Crippen molar-refractivity contribution in [2.24, 2.45) is 0 Å². The van der Waals surface area contributed by atoms with E-state index < -0.39 is 19.9 Å². The first kappa shape index (κ1) is 63.0. The molecule has 9 heteroatoms. The molecular weight excluding hydrogens is 820 g/mol. The second-order valence-electron chi connectivity index (χ2n) is 19.3. The minimum Gasteiger partial charge on any atom is -0.462 e. The van der Waals surface area contributed by atoms with Gasteiger partial charge in [-0.15, -0.1) is 0 Å². The third-order valence-corrected chi connectivity index (χ3v) is 14.0. The lowest BCUT2D eigenvalue weighted by Crippen LogP contribution is -2.29. The molecule has 0 bridgehead atoms. The monoisotopic (exact) mass is 929 g/mol. The van der Waals surface area contributed by atoms with Gasteiger partial charge in [0.15, 0.2) is 6.10 Å². The molecule has 0 spiro atoms. The van der Waals surface area contributed by atoms with Crippen molar-refractivity contribution >= 4 is 19.8 Å². The molecule has 64 heavy (non-hydrogen) atoms. The number of carbonyl (C=O) groups is 2. The average Bonchev–Trinajstić information content (AvgIpc) is 3.28. The molecule has 2 unspecified atom stereocenters. The van der Waals surface area contributed by atoms with Crippen LogP contribution >= 0.6 is 7.82 Å². The Balaban J connectivity index is 3.86. The number of carbonyl (C=O) groups excluding carboxylic acids is 2. The molecule has 0 rings (SSSR count). The molecule has 0 fully saturated rings. The molecule has 0 aliphatic rings. The van der Waals surface area contributed by atoms with Crippen LogP contribution in [0, 0.1) is 0 Å². The van der Waals surface area contributed by atoms with Crippen molar-refractivity contribution in [2.75, 3.05) is 19.8 Å². The Bertz CT molecular complexity index is 1010. The summed E-state index contributed by atoms with van der Waals surface area (Å²) in [5.74, 6) is -0.771. The zero-order valence-electron chi connectivity index (χ0n) is 43.0. The van der Waals surface area contributed by atoms with Crippen LogP contribution in [0.5, 0.6) is 0 Å². The Morgan fingerprint density at radius 1 is 0.359 bits per heavy atom. The predicted octanol–water partition coefficient (Wildman–Crippen LogP) is 18.6. The smallest absolute Gasteiger partial charge is 0.462 e. The minimum atomic E-state index is -4.28. The summed E-state index contributed by atoms with van der Waals surface area (Å²) >= 11 is 0. The van der Waals surface area contributed by atoms with E-state index in [9.17, 15) is 19.0 Å². The third kappa shape index (κ3) is 50.5. The zero-order valence-corrected chi connectivity index (χ0v) is 43.9. The number of ether oxygens (including phenoxy) is 2. The van der Waals surface area contributed by atoms with Crippen LogP contribution in [0.2, 0.25) is 0 Å². The van der Waals surface area contributed by atoms with Crippen molar-refractivity contribution in [3.8, 4) is 0 Å². The highest BCUT2D eigenvalue weighted by Gasteiger charge is 2.25. The molecule has 0 saturated carbocycles. The molecule has 0 aliphatic carbocycles. The first-order valence-electron chi connectivity index (χ1n) is 28.3. The molecule has 0 heterocycles. The van der Waals surface area contributed by atoms with Crippen LogP contribution in [0.4, 0.5) is 0 Å². The number of hydrogen-bond donors (Lipinski definition) is 1. The fourth-order valence-electron chi connectivity index (χ4n) is 8.75. The van der Waals surface area contributed by atoms with Gasteiger partial charge in [0.1, 0.15) is 6.61 Å². The second-order valence-corrected chi connectivity index (χ2v) is 20.8. The maximum atomic E-state index is 12.7. The first-order chi connectivity index (χ1) is 31.3. The highest BCUT2D eigenvalue weighted by atomic mass is 31.2. The highest BCUT2D eigenvalue weighted by molar-refractivity contribution is 7.47. The molecule has 8 nitrogen and oxygen atoms in total. The summed E-state index contributed by atoms with van der Waals surface area (Å²) in [6.45, 7) is 5.57. The van der Waals surface area contributed by atoms with Crippen LogP contribution in [0.25, 0.3) is 0 Å². The summed E-state index contributed by atoms with van der Waals surface area (Å²) in [6.07, 6.45) is 57.5. The van der Waals surface area contributed by atoms with Gasteiger partial charge in [-0.25, -0.2) is 4.57 Å². The molecule has 0 aromatic rings. The lowest BCUT2D eigenvalue weighted by Gasteiger charge is -2.19. The molecule has 0 radical (unpaired) electrons. The molecule has 1 N–H and O–H groups in total. The van der Waals surface area contributed by atoms with E-state index in [1.54, 1.807) is 6.92 Å². The lowest BCUT2D eigenvalue weighted by molar-refractivity contribution is -0.161. The number of esters is 2. The van der Waals surface area contributed by atoms with Crippen molar-refractivity contribution < 1.29 is 37.6 Å². The molecule has 0 aliphatic heterocycles. The zero-order chi connectivity index (χ0) is 46.7. The quantitative estimate of drug-likeness (QED) is 0.0365. The highest BCUT2D eigenvalue weighted by Crippen LogP contribution is 2.43. The molecule has 382 valence electrons.